The lowest BCUT2D eigenvalue weighted by atomic mass is 9.70. The fourth-order valence-corrected chi connectivity index (χ4v) is 2.73. The van der Waals surface area contributed by atoms with Gasteiger partial charge in [0.15, 0.2) is 0 Å². The van der Waals surface area contributed by atoms with Gasteiger partial charge in [-0.15, -0.1) is 0 Å². The molecule has 0 radical (unpaired) electrons. The van der Waals surface area contributed by atoms with Crippen LogP contribution in [0.5, 0.6) is 0 Å². The minimum atomic E-state index is -0.436. The molecule has 0 bridgehead atoms. The fraction of sp³-hybridized carbons (Fsp3) is 0.500. The van der Waals surface area contributed by atoms with Crippen molar-refractivity contribution in [2.45, 2.75) is 37.8 Å². The van der Waals surface area contributed by atoms with Crippen LogP contribution in [0.15, 0.2) is 22.7 Å². The van der Waals surface area contributed by atoms with Crippen molar-refractivity contribution in [3.8, 4) is 0 Å². The van der Waals surface area contributed by atoms with E-state index in [0.29, 0.717) is 0 Å². The van der Waals surface area contributed by atoms with Gasteiger partial charge in [-0.2, -0.15) is 0 Å². The van der Waals surface area contributed by atoms with Crippen molar-refractivity contribution >= 4 is 15.9 Å². The quantitative estimate of drug-likeness (QED) is 0.760. The summed E-state index contributed by atoms with van der Waals surface area (Å²) >= 11 is 3.47. The molecule has 82 valence electrons. The normalized spacial score (nSPS) is 28.6. The second-order valence-corrected chi connectivity index (χ2v) is 5.83. The molecule has 0 saturated carbocycles. The Balaban J connectivity index is 2.59. The summed E-state index contributed by atoms with van der Waals surface area (Å²) in [7, 11) is 0. The van der Waals surface area contributed by atoms with Gasteiger partial charge in [0.1, 0.15) is 0 Å². The minimum absolute atomic E-state index is 0.00556. The highest BCUT2D eigenvalue weighted by atomic mass is 79.9. The van der Waals surface area contributed by atoms with Crippen molar-refractivity contribution in [2.24, 2.45) is 5.73 Å². The third-order valence-electron chi connectivity index (χ3n) is 3.24. The molecule has 3 N–H and O–H groups in total. The predicted octanol–water partition coefficient (Wildman–Crippen LogP) is 2.49. The highest BCUT2D eigenvalue weighted by Crippen LogP contribution is 2.41. The molecule has 2 unspecified atom stereocenters. The van der Waals surface area contributed by atoms with Crippen molar-refractivity contribution in [1.29, 1.82) is 0 Å². The average Bonchev–Trinajstić information content (AvgIpc) is 2.14. The summed E-state index contributed by atoms with van der Waals surface area (Å²) < 4.78 is 1.07. The molecule has 0 aliphatic heterocycles. The predicted molar refractivity (Wildman–Crippen MR) is 64.7 cm³/mol. The Bertz CT molecular complexity index is 389. The number of hydrogen-bond donors (Lipinski definition) is 2. The van der Waals surface area contributed by atoms with Gasteiger partial charge in [-0.3, -0.25) is 0 Å². The summed E-state index contributed by atoms with van der Waals surface area (Å²) in [6, 6.07) is 5.85. The van der Waals surface area contributed by atoms with Crippen LogP contribution in [-0.2, 0) is 5.41 Å². The molecule has 1 aromatic carbocycles. The first-order chi connectivity index (χ1) is 6.92. The van der Waals surface area contributed by atoms with Crippen molar-refractivity contribution in [2.75, 3.05) is 0 Å². The maximum absolute atomic E-state index is 9.89. The number of nitrogens with two attached hydrogens (primary N) is 1. The van der Waals surface area contributed by atoms with Crippen molar-refractivity contribution in [1.82, 2.24) is 0 Å². The SMILES string of the molecule is CC1(C)CC(O)C(N)c2ccc(Br)cc21. The smallest absolute Gasteiger partial charge is 0.0741 e. The molecule has 1 aliphatic rings. The van der Waals surface area contributed by atoms with Crippen LogP contribution in [0.3, 0.4) is 0 Å². The van der Waals surface area contributed by atoms with Gasteiger partial charge in [-0.1, -0.05) is 35.8 Å². The summed E-state index contributed by atoms with van der Waals surface area (Å²) in [5.74, 6) is 0. The van der Waals surface area contributed by atoms with Crippen LogP contribution < -0.4 is 5.73 Å². The number of rotatable bonds is 0. The van der Waals surface area contributed by atoms with Crippen LogP contribution >= 0.6 is 15.9 Å². The number of fused-ring (bicyclic) bond motifs is 1. The van der Waals surface area contributed by atoms with E-state index >= 15 is 0 Å². The second-order valence-electron chi connectivity index (χ2n) is 4.91. The Morgan fingerprint density at radius 1 is 1.47 bits per heavy atom. The van der Waals surface area contributed by atoms with Crippen LogP contribution in [-0.4, -0.2) is 11.2 Å². The topological polar surface area (TPSA) is 46.2 Å². The molecule has 0 aromatic heterocycles. The Morgan fingerprint density at radius 3 is 2.80 bits per heavy atom. The van der Waals surface area contributed by atoms with Gasteiger partial charge in [0, 0.05) is 4.47 Å². The third kappa shape index (κ3) is 1.84. The zero-order chi connectivity index (χ0) is 11.2. The minimum Gasteiger partial charge on any atom is -0.391 e. The summed E-state index contributed by atoms with van der Waals surface area (Å²) in [5, 5.41) is 9.89. The number of aliphatic hydroxyl groups is 1. The average molecular weight is 270 g/mol. The van der Waals surface area contributed by atoms with Crippen LogP contribution in [0.4, 0.5) is 0 Å². The van der Waals surface area contributed by atoms with E-state index in [9.17, 15) is 5.11 Å². The number of aliphatic hydroxyl groups excluding tert-OH is 1. The first-order valence-corrected chi connectivity index (χ1v) is 5.95. The van der Waals surface area contributed by atoms with E-state index in [-0.39, 0.29) is 11.5 Å². The van der Waals surface area contributed by atoms with E-state index in [1.165, 1.54) is 5.56 Å². The Labute approximate surface area is 98.6 Å². The highest BCUT2D eigenvalue weighted by molar-refractivity contribution is 9.10. The van der Waals surface area contributed by atoms with Crippen LogP contribution in [0, 0.1) is 0 Å². The number of hydrogen-bond acceptors (Lipinski definition) is 2. The maximum atomic E-state index is 9.89. The summed E-state index contributed by atoms with van der Waals surface area (Å²) in [4.78, 5) is 0. The lowest BCUT2D eigenvalue weighted by Crippen LogP contribution is -2.39. The molecule has 2 atom stereocenters. The van der Waals surface area contributed by atoms with E-state index < -0.39 is 6.10 Å². The van der Waals surface area contributed by atoms with E-state index in [0.717, 1.165) is 16.5 Å². The molecule has 0 amide bonds. The molecule has 2 nitrogen and oxygen atoms in total. The molecule has 0 saturated heterocycles. The molecule has 1 aliphatic carbocycles. The largest absolute Gasteiger partial charge is 0.391 e. The number of halogens is 1. The van der Waals surface area contributed by atoms with Gasteiger partial charge in [-0.05, 0) is 35.1 Å². The third-order valence-corrected chi connectivity index (χ3v) is 3.73. The summed E-state index contributed by atoms with van der Waals surface area (Å²) in [6.07, 6.45) is 0.283. The van der Waals surface area contributed by atoms with E-state index in [4.69, 9.17) is 5.73 Å². The lowest BCUT2D eigenvalue weighted by Gasteiger charge is -2.39. The zero-order valence-electron chi connectivity index (χ0n) is 9.00. The molecule has 3 heteroatoms. The van der Waals surface area contributed by atoms with Gasteiger partial charge in [0.2, 0.25) is 0 Å². The van der Waals surface area contributed by atoms with Gasteiger partial charge >= 0.3 is 0 Å². The Hall–Kier alpha value is -0.380. The zero-order valence-corrected chi connectivity index (χ0v) is 10.6. The standard InChI is InChI=1S/C12H16BrNO/c1-12(2)6-10(15)11(14)8-4-3-7(13)5-9(8)12/h3-5,10-11,15H,6,14H2,1-2H3. The van der Waals surface area contributed by atoms with Crippen molar-refractivity contribution in [3.05, 3.63) is 33.8 Å². The van der Waals surface area contributed by atoms with Crippen molar-refractivity contribution < 1.29 is 5.11 Å². The number of benzene rings is 1. The van der Waals surface area contributed by atoms with E-state index in [1.807, 2.05) is 12.1 Å². The van der Waals surface area contributed by atoms with E-state index in [1.54, 1.807) is 0 Å². The molecular formula is C12H16BrNO. The van der Waals surface area contributed by atoms with Gasteiger partial charge < -0.3 is 10.8 Å². The van der Waals surface area contributed by atoms with Gasteiger partial charge in [-0.25, -0.2) is 0 Å². The molecule has 2 rings (SSSR count). The molecular weight excluding hydrogens is 254 g/mol. The second kappa shape index (κ2) is 3.58. The highest BCUT2D eigenvalue weighted by Gasteiger charge is 2.36. The molecule has 1 aromatic rings. The molecule has 15 heavy (non-hydrogen) atoms. The maximum Gasteiger partial charge on any atom is 0.0741 e. The Morgan fingerprint density at radius 2 is 2.13 bits per heavy atom. The summed E-state index contributed by atoms with van der Waals surface area (Å²) in [6.45, 7) is 4.29. The summed E-state index contributed by atoms with van der Waals surface area (Å²) in [5.41, 5.74) is 8.31. The molecule has 0 fully saturated rings. The first-order valence-electron chi connectivity index (χ1n) is 5.15. The molecule has 0 heterocycles. The fourth-order valence-electron chi connectivity index (χ4n) is 2.37. The van der Waals surface area contributed by atoms with Crippen LogP contribution in [0.1, 0.15) is 37.4 Å². The van der Waals surface area contributed by atoms with Crippen molar-refractivity contribution in [3.63, 3.8) is 0 Å². The van der Waals surface area contributed by atoms with Crippen LogP contribution in [0.25, 0.3) is 0 Å². The lowest BCUT2D eigenvalue weighted by molar-refractivity contribution is 0.0994. The van der Waals surface area contributed by atoms with Gasteiger partial charge in [0.25, 0.3) is 0 Å². The van der Waals surface area contributed by atoms with Crippen LogP contribution in [0.2, 0.25) is 0 Å². The van der Waals surface area contributed by atoms with E-state index in [2.05, 4.69) is 35.8 Å². The van der Waals surface area contributed by atoms with Gasteiger partial charge in [0.05, 0.1) is 12.1 Å². The molecule has 0 spiro atoms. The Kier molecular flexibility index (Phi) is 2.65. The monoisotopic (exact) mass is 269 g/mol. The first kappa shape index (κ1) is 11.1.